The molecule has 3 rings (SSSR count). The molecule has 1 saturated carbocycles. The molecule has 0 aromatic heterocycles. The monoisotopic (exact) mass is 302 g/mol. The minimum absolute atomic E-state index is 0.383. The topological polar surface area (TPSA) is 24.1 Å². The van der Waals surface area contributed by atoms with E-state index >= 15 is 0 Å². The first-order valence-electron chi connectivity index (χ1n) is 8.39. The first-order chi connectivity index (χ1) is 10.2. The van der Waals surface area contributed by atoms with E-state index in [-0.39, 0.29) is 0 Å². The fraction of sp³-hybridized carbons (Fsp3) is 0.611. The van der Waals surface area contributed by atoms with Crippen LogP contribution in [0.1, 0.15) is 62.6 Å². The molecule has 2 nitrogen and oxygen atoms in total. The molecule has 0 saturated heterocycles. The van der Waals surface area contributed by atoms with Crippen molar-refractivity contribution in [2.75, 3.05) is 0 Å². The maximum absolute atomic E-state index is 5.58. The van der Waals surface area contributed by atoms with E-state index in [9.17, 15) is 0 Å². The summed E-state index contributed by atoms with van der Waals surface area (Å²) in [6.07, 6.45) is 8.91. The SMILES string of the molecule is C[C@H]1CCCC[C@@H]1NC(=S)N[C@@H]1CCCc2ccccc21. The summed E-state index contributed by atoms with van der Waals surface area (Å²) in [7, 11) is 0. The van der Waals surface area contributed by atoms with Gasteiger partial charge in [-0.2, -0.15) is 0 Å². The highest BCUT2D eigenvalue weighted by molar-refractivity contribution is 7.80. The van der Waals surface area contributed by atoms with Crippen molar-refractivity contribution in [3.8, 4) is 0 Å². The predicted octanol–water partition coefficient (Wildman–Crippen LogP) is 4.11. The standard InChI is InChI=1S/C18H26N2S/c1-13-7-2-5-11-16(13)19-18(21)20-17-12-6-9-14-8-3-4-10-15(14)17/h3-4,8,10,13,16-17H,2,5-7,9,11-12H2,1H3,(H2,19,20,21)/t13-,16-,17+/m0/s1. The van der Waals surface area contributed by atoms with Gasteiger partial charge in [-0.3, -0.25) is 0 Å². The van der Waals surface area contributed by atoms with E-state index in [0.717, 1.165) is 11.0 Å². The molecule has 1 aromatic rings. The van der Waals surface area contributed by atoms with Crippen LogP contribution >= 0.6 is 12.2 Å². The summed E-state index contributed by atoms with van der Waals surface area (Å²) in [5.74, 6) is 0.733. The number of fused-ring (bicyclic) bond motifs is 1. The summed E-state index contributed by atoms with van der Waals surface area (Å²) in [4.78, 5) is 0. The van der Waals surface area contributed by atoms with Crippen LogP contribution in [-0.4, -0.2) is 11.2 Å². The average molecular weight is 302 g/mol. The van der Waals surface area contributed by atoms with E-state index in [4.69, 9.17) is 12.2 Å². The lowest BCUT2D eigenvalue weighted by Gasteiger charge is -2.33. The Morgan fingerprint density at radius 2 is 1.86 bits per heavy atom. The van der Waals surface area contributed by atoms with Gasteiger partial charge in [0.2, 0.25) is 0 Å². The van der Waals surface area contributed by atoms with E-state index in [1.165, 1.54) is 56.1 Å². The molecule has 114 valence electrons. The van der Waals surface area contributed by atoms with Crippen LogP contribution in [0.15, 0.2) is 24.3 Å². The molecule has 21 heavy (non-hydrogen) atoms. The zero-order valence-corrected chi connectivity index (χ0v) is 13.7. The zero-order chi connectivity index (χ0) is 14.7. The van der Waals surface area contributed by atoms with Crippen molar-refractivity contribution >= 4 is 17.3 Å². The van der Waals surface area contributed by atoms with Gasteiger partial charge in [0.05, 0.1) is 6.04 Å². The first kappa shape index (κ1) is 14.8. The highest BCUT2D eigenvalue weighted by Gasteiger charge is 2.24. The van der Waals surface area contributed by atoms with Gasteiger partial charge < -0.3 is 10.6 Å². The van der Waals surface area contributed by atoms with Gasteiger partial charge in [-0.05, 0) is 61.4 Å². The molecule has 0 radical (unpaired) electrons. The van der Waals surface area contributed by atoms with Crippen LogP contribution in [0, 0.1) is 5.92 Å². The molecule has 0 aliphatic heterocycles. The smallest absolute Gasteiger partial charge is 0.167 e. The molecule has 0 amide bonds. The Morgan fingerprint density at radius 3 is 2.71 bits per heavy atom. The summed E-state index contributed by atoms with van der Waals surface area (Å²) < 4.78 is 0. The number of rotatable bonds is 2. The average Bonchev–Trinajstić information content (AvgIpc) is 2.50. The molecule has 2 aliphatic carbocycles. The van der Waals surface area contributed by atoms with Crippen LogP contribution in [0.5, 0.6) is 0 Å². The highest BCUT2D eigenvalue weighted by Crippen LogP contribution is 2.29. The molecule has 0 bridgehead atoms. The molecule has 2 aliphatic rings. The number of benzene rings is 1. The Balaban J connectivity index is 1.60. The van der Waals surface area contributed by atoms with Crippen LogP contribution in [-0.2, 0) is 6.42 Å². The Morgan fingerprint density at radius 1 is 1.05 bits per heavy atom. The lowest BCUT2D eigenvalue weighted by Crippen LogP contribution is -2.47. The van der Waals surface area contributed by atoms with Crippen LogP contribution in [0.3, 0.4) is 0 Å². The normalized spacial score (nSPS) is 28.5. The van der Waals surface area contributed by atoms with Crippen molar-refractivity contribution in [1.29, 1.82) is 0 Å². The number of aryl methyl sites for hydroxylation is 1. The molecule has 0 heterocycles. The van der Waals surface area contributed by atoms with Crippen LogP contribution in [0.25, 0.3) is 0 Å². The maximum Gasteiger partial charge on any atom is 0.167 e. The van der Waals surface area contributed by atoms with Crippen molar-refractivity contribution in [3.63, 3.8) is 0 Å². The Bertz CT molecular complexity index is 500. The van der Waals surface area contributed by atoms with Crippen molar-refractivity contribution in [2.24, 2.45) is 5.92 Å². The number of nitrogens with one attached hydrogen (secondary N) is 2. The van der Waals surface area contributed by atoms with E-state index in [1.807, 2.05) is 0 Å². The summed E-state index contributed by atoms with van der Waals surface area (Å²) in [5.41, 5.74) is 2.92. The minimum atomic E-state index is 0.383. The number of hydrogen-bond acceptors (Lipinski definition) is 1. The summed E-state index contributed by atoms with van der Waals surface area (Å²) in [6, 6.07) is 9.72. The van der Waals surface area contributed by atoms with E-state index in [2.05, 4.69) is 41.8 Å². The predicted molar refractivity (Wildman–Crippen MR) is 92.4 cm³/mol. The second-order valence-electron chi connectivity index (χ2n) is 6.63. The van der Waals surface area contributed by atoms with Gasteiger partial charge >= 0.3 is 0 Å². The third kappa shape index (κ3) is 3.57. The molecular weight excluding hydrogens is 276 g/mol. The highest BCUT2D eigenvalue weighted by atomic mass is 32.1. The lowest BCUT2D eigenvalue weighted by atomic mass is 9.86. The quantitative estimate of drug-likeness (QED) is 0.804. The number of hydrogen-bond donors (Lipinski definition) is 2. The lowest BCUT2D eigenvalue weighted by molar-refractivity contribution is 0.307. The Labute approximate surface area is 133 Å². The molecule has 2 N–H and O–H groups in total. The molecule has 3 atom stereocenters. The van der Waals surface area contributed by atoms with Gasteiger partial charge in [0, 0.05) is 6.04 Å². The third-order valence-electron chi connectivity index (χ3n) is 5.10. The van der Waals surface area contributed by atoms with E-state index < -0.39 is 0 Å². The second kappa shape index (κ2) is 6.78. The van der Waals surface area contributed by atoms with Gasteiger partial charge in [-0.1, -0.05) is 44.0 Å². The fourth-order valence-corrected chi connectivity index (χ4v) is 4.10. The van der Waals surface area contributed by atoms with Crippen LogP contribution in [0.2, 0.25) is 0 Å². The molecule has 3 heteroatoms. The minimum Gasteiger partial charge on any atom is -0.360 e. The van der Waals surface area contributed by atoms with Crippen LogP contribution in [0.4, 0.5) is 0 Å². The molecule has 1 aromatic carbocycles. The van der Waals surface area contributed by atoms with Crippen LogP contribution < -0.4 is 10.6 Å². The zero-order valence-electron chi connectivity index (χ0n) is 12.9. The molecular formula is C18H26N2S. The molecule has 0 unspecified atom stereocenters. The summed E-state index contributed by atoms with van der Waals surface area (Å²) in [6.45, 7) is 2.34. The van der Waals surface area contributed by atoms with Gasteiger partial charge in [0.1, 0.15) is 0 Å². The number of thiocarbonyl (C=S) groups is 1. The maximum atomic E-state index is 5.58. The largest absolute Gasteiger partial charge is 0.360 e. The van der Waals surface area contributed by atoms with Crippen molar-refractivity contribution < 1.29 is 0 Å². The Hall–Kier alpha value is -1.09. The van der Waals surface area contributed by atoms with E-state index in [1.54, 1.807) is 0 Å². The summed E-state index contributed by atoms with van der Waals surface area (Å²) in [5, 5.41) is 7.97. The van der Waals surface area contributed by atoms with Gasteiger partial charge in [-0.25, -0.2) is 0 Å². The second-order valence-corrected chi connectivity index (χ2v) is 7.04. The van der Waals surface area contributed by atoms with Crippen molar-refractivity contribution in [2.45, 2.75) is 64.0 Å². The molecule has 1 fully saturated rings. The van der Waals surface area contributed by atoms with Gasteiger partial charge in [0.15, 0.2) is 5.11 Å². The van der Waals surface area contributed by atoms with Gasteiger partial charge in [0.25, 0.3) is 0 Å². The Kier molecular flexibility index (Phi) is 4.79. The summed E-state index contributed by atoms with van der Waals surface area (Å²) >= 11 is 5.58. The third-order valence-corrected chi connectivity index (χ3v) is 5.34. The van der Waals surface area contributed by atoms with Crippen molar-refractivity contribution in [3.05, 3.63) is 35.4 Å². The fourth-order valence-electron chi connectivity index (χ4n) is 3.80. The van der Waals surface area contributed by atoms with E-state index in [0.29, 0.717) is 12.1 Å². The van der Waals surface area contributed by atoms with Crippen molar-refractivity contribution in [1.82, 2.24) is 10.6 Å². The molecule has 0 spiro atoms. The first-order valence-corrected chi connectivity index (χ1v) is 8.79. The van der Waals surface area contributed by atoms with Gasteiger partial charge in [-0.15, -0.1) is 0 Å².